The van der Waals surface area contributed by atoms with Crippen LogP contribution < -0.4 is 10.2 Å². The van der Waals surface area contributed by atoms with Gasteiger partial charge in [0.05, 0.1) is 5.69 Å². The highest BCUT2D eigenvalue weighted by molar-refractivity contribution is 7.03. The Kier molecular flexibility index (Phi) is 6.90. The molecule has 2 heterocycles. The Hall–Kier alpha value is -3.13. The van der Waals surface area contributed by atoms with Crippen LogP contribution in [0.5, 0.6) is 0 Å². The molecule has 0 radical (unpaired) electrons. The number of pyridine rings is 1. The van der Waals surface area contributed by atoms with Crippen LogP contribution in [0.3, 0.4) is 0 Å². The summed E-state index contributed by atoms with van der Waals surface area (Å²) in [5, 5.41) is 8.78. The van der Waals surface area contributed by atoms with Crippen LogP contribution in [0, 0.1) is 13.8 Å². The molecule has 0 saturated heterocycles. The fourth-order valence-corrected chi connectivity index (χ4v) is 4.70. The van der Waals surface area contributed by atoms with Crippen molar-refractivity contribution in [1.82, 2.24) is 19.9 Å². The molecular formula is C24H27N5O2S. The fourth-order valence-electron chi connectivity index (χ4n) is 4.27. The average Bonchev–Trinajstić information content (AvgIpc) is 3.34. The normalized spacial score (nSPS) is 15.2. The van der Waals surface area contributed by atoms with Crippen molar-refractivity contribution in [3.63, 3.8) is 0 Å². The molecule has 1 aromatic carbocycles. The van der Waals surface area contributed by atoms with E-state index in [2.05, 4.69) is 19.9 Å². The molecular weight excluding hydrogens is 422 g/mol. The lowest BCUT2D eigenvalue weighted by molar-refractivity contribution is -0.123. The number of aromatic nitrogens is 3. The van der Waals surface area contributed by atoms with Crippen LogP contribution in [0.4, 0.5) is 5.69 Å². The van der Waals surface area contributed by atoms with Gasteiger partial charge in [0.15, 0.2) is 11.7 Å². The third-order valence-corrected chi connectivity index (χ3v) is 6.34. The molecule has 1 saturated carbocycles. The van der Waals surface area contributed by atoms with Gasteiger partial charge in [0, 0.05) is 23.3 Å². The van der Waals surface area contributed by atoms with E-state index < -0.39 is 6.04 Å². The predicted molar refractivity (Wildman–Crippen MR) is 125 cm³/mol. The maximum Gasteiger partial charge on any atom is 0.280 e. The van der Waals surface area contributed by atoms with Gasteiger partial charge in [0.25, 0.3) is 5.91 Å². The molecule has 1 aliphatic rings. The SMILES string of the molecule is Cc1ccc(N(C(=O)c2csnn2)[C@H](C(=O)NC2CCCCC2)c2ccccn2)c(C)c1. The zero-order chi connectivity index (χ0) is 22.5. The summed E-state index contributed by atoms with van der Waals surface area (Å²) >= 11 is 1.11. The van der Waals surface area contributed by atoms with Gasteiger partial charge in [0.2, 0.25) is 5.91 Å². The number of aryl methyl sites for hydroxylation is 2. The first-order valence-electron chi connectivity index (χ1n) is 10.9. The number of carbonyl (C=O) groups excluding carboxylic acids is 2. The molecule has 1 N–H and O–H groups in total. The fraction of sp³-hybridized carbons (Fsp3) is 0.375. The van der Waals surface area contributed by atoms with Crippen LogP contribution in [0.2, 0.25) is 0 Å². The number of benzene rings is 1. The molecule has 8 heteroatoms. The second-order valence-electron chi connectivity index (χ2n) is 8.26. The Morgan fingerprint density at radius 1 is 1.12 bits per heavy atom. The van der Waals surface area contributed by atoms with Crippen LogP contribution in [-0.4, -0.2) is 32.4 Å². The van der Waals surface area contributed by atoms with E-state index in [1.165, 1.54) is 11.3 Å². The largest absolute Gasteiger partial charge is 0.351 e. The number of amides is 2. The predicted octanol–water partition coefficient (Wildman–Crippen LogP) is 4.39. The topological polar surface area (TPSA) is 88.1 Å². The van der Waals surface area contributed by atoms with E-state index in [-0.39, 0.29) is 23.6 Å². The van der Waals surface area contributed by atoms with Gasteiger partial charge in [-0.15, -0.1) is 5.10 Å². The molecule has 2 aromatic heterocycles. The summed E-state index contributed by atoms with van der Waals surface area (Å²) in [6.45, 7) is 3.94. The summed E-state index contributed by atoms with van der Waals surface area (Å²) in [7, 11) is 0. The molecule has 1 fully saturated rings. The number of anilines is 1. The van der Waals surface area contributed by atoms with E-state index in [0.29, 0.717) is 11.4 Å². The van der Waals surface area contributed by atoms with Gasteiger partial charge in [-0.1, -0.05) is 47.5 Å². The first kappa shape index (κ1) is 22.1. The molecule has 4 rings (SSSR count). The zero-order valence-electron chi connectivity index (χ0n) is 18.3. The van der Waals surface area contributed by atoms with Crippen molar-refractivity contribution in [1.29, 1.82) is 0 Å². The first-order valence-corrected chi connectivity index (χ1v) is 11.8. The Bertz CT molecular complexity index is 1070. The summed E-state index contributed by atoms with van der Waals surface area (Å²) in [5.41, 5.74) is 3.35. The van der Waals surface area contributed by atoms with E-state index in [1.807, 2.05) is 38.1 Å². The van der Waals surface area contributed by atoms with Crippen LogP contribution in [0.25, 0.3) is 0 Å². The Morgan fingerprint density at radius 3 is 2.59 bits per heavy atom. The average molecular weight is 450 g/mol. The van der Waals surface area contributed by atoms with Crippen molar-refractivity contribution >= 4 is 29.0 Å². The van der Waals surface area contributed by atoms with Crippen molar-refractivity contribution in [2.45, 2.75) is 58.0 Å². The van der Waals surface area contributed by atoms with Gasteiger partial charge in [-0.3, -0.25) is 19.5 Å². The minimum absolute atomic E-state index is 0.111. The summed E-state index contributed by atoms with van der Waals surface area (Å²) in [4.78, 5) is 33.4. The number of nitrogens with zero attached hydrogens (tertiary/aromatic N) is 4. The van der Waals surface area contributed by atoms with E-state index in [4.69, 9.17) is 0 Å². The van der Waals surface area contributed by atoms with Gasteiger partial charge in [-0.05, 0) is 62.0 Å². The summed E-state index contributed by atoms with van der Waals surface area (Å²) in [5.74, 6) is -0.604. The summed E-state index contributed by atoms with van der Waals surface area (Å²) in [6.07, 6.45) is 6.94. The summed E-state index contributed by atoms with van der Waals surface area (Å²) in [6, 6.07) is 10.4. The van der Waals surface area contributed by atoms with Crippen LogP contribution in [-0.2, 0) is 4.79 Å². The molecule has 7 nitrogen and oxygen atoms in total. The van der Waals surface area contributed by atoms with Gasteiger partial charge in [-0.2, -0.15) is 0 Å². The van der Waals surface area contributed by atoms with Crippen LogP contribution >= 0.6 is 11.5 Å². The monoisotopic (exact) mass is 449 g/mol. The Balaban J connectivity index is 1.80. The van der Waals surface area contributed by atoms with E-state index in [1.54, 1.807) is 23.7 Å². The number of nitrogens with one attached hydrogen (secondary N) is 1. The molecule has 2 amide bonds. The highest BCUT2D eigenvalue weighted by Crippen LogP contribution is 2.32. The van der Waals surface area contributed by atoms with Crippen molar-refractivity contribution in [2.24, 2.45) is 0 Å². The minimum atomic E-state index is -0.922. The molecule has 0 bridgehead atoms. The van der Waals surface area contributed by atoms with Crippen LogP contribution in [0.15, 0.2) is 48.0 Å². The van der Waals surface area contributed by atoms with Crippen molar-refractivity contribution in [3.8, 4) is 0 Å². The third kappa shape index (κ3) is 4.85. The van der Waals surface area contributed by atoms with Crippen molar-refractivity contribution in [2.75, 3.05) is 4.90 Å². The quantitative estimate of drug-likeness (QED) is 0.603. The van der Waals surface area contributed by atoms with Crippen LogP contribution in [0.1, 0.15) is 65.5 Å². The highest BCUT2D eigenvalue weighted by atomic mass is 32.1. The number of carbonyl (C=O) groups is 2. The number of hydrogen-bond acceptors (Lipinski definition) is 6. The number of rotatable bonds is 6. The standard InChI is InChI=1S/C24H27N5O2S/c1-16-11-12-21(17(2)14-16)29(24(31)20-15-32-28-27-20)22(19-10-6-7-13-25-19)23(30)26-18-8-4-3-5-9-18/h6-7,10-15,18,22H,3-5,8-9H2,1-2H3,(H,26,30)/t22-/m0/s1. The van der Waals surface area contributed by atoms with Gasteiger partial charge in [-0.25, -0.2) is 0 Å². The van der Waals surface area contributed by atoms with Gasteiger partial charge in [0.1, 0.15) is 0 Å². The lowest BCUT2D eigenvalue weighted by Crippen LogP contribution is -2.48. The van der Waals surface area contributed by atoms with Gasteiger partial charge < -0.3 is 5.32 Å². The number of hydrogen-bond donors (Lipinski definition) is 1. The van der Waals surface area contributed by atoms with E-state index in [0.717, 1.165) is 48.3 Å². The molecule has 0 spiro atoms. The minimum Gasteiger partial charge on any atom is -0.351 e. The molecule has 166 valence electrons. The molecule has 32 heavy (non-hydrogen) atoms. The van der Waals surface area contributed by atoms with Crippen molar-refractivity contribution < 1.29 is 9.59 Å². The third-order valence-electron chi connectivity index (χ3n) is 5.84. The molecule has 3 aromatic rings. The second kappa shape index (κ2) is 9.99. The molecule has 0 aliphatic heterocycles. The Morgan fingerprint density at radius 2 is 1.94 bits per heavy atom. The smallest absolute Gasteiger partial charge is 0.280 e. The van der Waals surface area contributed by atoms with Crippen molar-refractivity contribution in [3.05, 3.63) is 70.5 Å². The highest BCUT2D eigenvalue weighted by Gasteiger charge is 2.37. The zero-order valence-corrected chi connectivity index (χ0v) is 19.1. The Labute approximate surface area is 192 Å². The molecule has 1 aliphatic carbocycles. The molecule has 1 atom stereocenters. The van der Waals surface area contributed by atoms with E-state index >= 15 is 0 Å². The second-order valence-corrected chi connectivity index (χ2v) is 8.87. The maximum atomic E-state index is 13.7. The van der Waals surface area contributed by atoms with E-state index in [9.17, 15) is 9.59 Å². The lowest BCUT2D eigenvalue weighted by Gasteiger charge is -2.33. The first-order chi connectivity index (χ1) is 15.5. The maximum absolute atomic E-state index is 13.7. The summed E-state index contributed by atoms with van der Waals surface area (Å²) < 4.78 is 3.85. The molecule has 0 unspecified atom stereocenters. The van der Waals surface area contributed by atoms with Gasteiger partial charge >= 0.3 is 0 Å². The lowest BCUT2D eigenvalue weighted by atomic mass is 9.95.